The van der Waals surface area contributed by atoms with Crippen molar-refractivity contribution in [1.29, 1.82) is 0 Å². The molecule has 3 aromatic rings. The highest BCUT2D eigenvalue weighted by molar-refractivity contribution is 7.18. The highest BCUT2D eigenvalue weighted by Gasteiger charge is 2.12. The van der Waals surface area contributed by atoms with Gasteiger partial charge in [-0.25, -0.2) is 15.0 Å². The third-order valence-electron chi connectivity index (χ3n) is 2.63. The van der Waals surface area contributed by atoms with E-state index in [4.69, 9.17) is 5.73 Å². The summed E-state index contributed by atoms with van der Waals surface area (Å²) >= 11 is 1.59. The van der Waals surface area contributed by atoms with E-state index in [2.05, 4.69) is 19.9 Å². The topological polar surface area (TPSA) is 77.6 Å². The van der Waals surface area contributed by atoms with Gasteiger partial charge in [0.1, 0.15) is 5.01 Å². The van der Waals surface area contributed by atoms with Gasteiger partial charge in [-0.05, 0) is 25.1 Å². The van der Waals surface area contributed by atoms with Crippen molar-refractivity contribution in [3.05, 3.63) is 42.5 Å². The summed E-state index contributed by atoms with van der Waals surface area (Å²) in [5, 5.41) is 0.951. The number of hydrogen-bond acceptors (Lipinski definition) is 6. The van der Waals surface area contributed by atoms with Crippen molar-refractivity contribution in [2.75, 3.05) is 5.73 Å². The van der Waals surface area contributed by atoms with Crippen LogP contribution in [0.4, 0.5) is 5.95 Å². The maximum absolute atomic E-state index is 5.62. The molecule has 0 saturated carbocycles. The summed E-state index contributed by atoms with van der Waals surface area (Å²) in [6, 6.07) is 5.72. The van der Waals surface area contributed by atoms with Crippen LogP contribution in [0.2, 0.25) is 0 Å². The number of nitrogen functional groups attached to an aromatic ring is 1. The van der Waals surface area contributed by atoms with Gasteiger partial charge in [-0.3, -0.25) is 4.98 Å². The Bertz CT molecular complexity index is 708. The van der Waals surface area contributed by atoms with E-state index in [9.17, 15) is 0 Å². The average Bonchev–Trinajstić information content (AvgIpc) is 2.82. The van der Waals surface area contributed by atoms with Gasteiger partial charge in [0.2, 0.25) is 5.95 Å². The highest BCUT2D eigenvalue weighted by atomic mass is 32.1. The molecule has 0 aliphatic carbocycles. The van der Waals surface area contributed by atoms with Crippen LogP contribution in [0.3, 0.4) is 0 Å². The predicted molar refractivity (Wildman–Crippen MR) is 75.5 cm³/mol. The molecule has 0 aliphatic heterocycles. The van der Waals surface area contributed by atoms with Crippen LogP contribution in [0.5, 0.6) is 0 Å². The number of nitrogens with two attached hydrogens (primary N) is 1. The van der Waals surface area contributed by atoms with E-state index >= 15 is 0 Å². The lowest BCUT2D eigenvalue weighted by molar-refractivity contribution is 1.18. The second kappa shape index (κ2) is 4.74. The number of anilines is 1. The Kier molecular flexibility index (Phi) is 2.92. The molecule has 0 amide bonds. The summed E-state index contributed by atoms with van der Waals surface area (Å²) in [7, 11) is 0. The minimum absolute atomic E-state index is 0.274. The first-order chi connectivity index (χ1) is 9.24. The lowest BCUT2D eigenvalue weighted by Crippen LogP contribution is -1.94. The van der Waals surface area contributed by atoms with Gasteiger partial charge in [0, 0.05) is 24.2 Å². The number of thiazole rings is 1. The average molecular weight is 269 g/mol. The summed E-state index contributed by atoms with van der Waals surface area (Å²) in [6.45, 7) is 1.97. The fourth-order valence-electron chi connectivity index (χ4n) is 1.75. The molecule has 94 valence electrons. The van der Waals surface area contributed by atoms with Crippen LogP contribution in [0.1, 0.15) is 5.69 Å². The molecule has 0 bridgehead atoms. The molecule has 2 N–H and O–H groups in total. The maximum Gasteiger partial charge on any atom is 0.220 e. The molecule has 0 spiro atoms. The summed E-state index contributed by atoms with van der Waals surface area (Å²) in [6.07, 6.45) is 5.17. The molecule has 5 nitrogen and oxygen atoms in total. The van der Waals surface area contributed by atoms with Gasteiger partial charge < -0.3 is 5.73 Å². The van der Waals surface area contributed by atoms with Crippen molar-refractivity contribution >= 4 is 17.3 Å². The molecular formula is C13H11N5S. The van der Waals surface area contributed by atoms with Crippen molar-refractivity contribution in [3.63, 3.8) is 0 Å². The molecule has 0 unspecified atom stereocenters. The first-order valence-electron chi connectivity index (χ1n) is 5.71. The van der Waals surface area contributed by atoms with E-state index in [1.807, 2.05) is 25.1 Å². The second-order valence-corrected chi connectivity index (χ2v) is 4.97. The third-order valence-corrected chi connectivity index (χ3v) is 3.86. The van der Waals surface area contributed by atoms with Crippen LogP contribution in [-0.2, 0) is 0 Å². The first-order valence-corrected chi connectivity index (χ1v) is 6.52. The van der Waals surface area contributed by atoms with Crippen LogP contribution < -0.4 is 5.73 Å². The van der Waals surface area contributed by atoms with Gasteiger partial charge in [0.05, 0.1) is 16.3 Å². The number of rotatable bonds is 2. The first kappa shape index (κ1) is 11.7. The van der Waals surface area contributed by atoms with Crippen molar-refractivity contribution in [3.8, 4) is 21.1 Å². The van der Waals surface area contributed by atoms with E-state index in [0.29, 0.717) is 0 Å². The number of pyridine rings is 1. The number of hydrogen-bond donors (Lipinski definition) is 1. The van der Waals surface area contributed by atoms with Gasteiger partial charge in [-0.15, -0.1) is 11.3 Å². The highest BCUT2D eigenvalue weighted by Crippen LogP contribution is 2.33. The number of aryl methyl sites for hydroxylation is 1. The molecule has 19 heavy (non-hydrogen) atoms. The molecule has 0 saturated heterocycles. The van der Waals surface area contributed by atoms with Gasteiger partial charge in [-0.1, -0.05) is 0 Å². The van der Waals surface area contributed by atoms with Gasteiger partial charge in [-0.2, -0.15) is 0 Å². The molecule has 0 fully saturated rings. The fraction of sp³-hybridized carbons (Fsp3) is 0.0769. The molecule has 3 heterocycles. The smallest absolute Gasteiger partial charge is 0.220 e. The maximum atomic E-state index is 5.62. The van der Waals surface area contributed by atoms with Crippen molar-refractivity contribution < 1.29 is 0 Å². The SMILES string of the molecule is Cc1nc(-c2ccncc2)sc1-c1ccnc(N)n1. The fourth-order valence-corrected chi connectivity index (χ4v) is 2.79. The van der Waals surface area contributed by atoms with E-state index in [1.165, 1.54) is 0 Å². The Hall–Kier alpha value is -2.34. The molecule has 3 aromatic heterocycles. The van der Waals surface area contributed by atoms with Crippen LogP contribution in [0.25, 0.3) is 21.1 Å². The molecule has 0 atom stereocenters. The summed E-state index contributed by atoms with van der Waals surface area (Å²) < 4.78 is 0. The molecule has 0 radical (unpaired) electrons. The van der Waals surface area contributed by atoms with Gasteiger partial charge in [0.15, 0.2) is 0 Å². The lowest BCUT2D eigenvalue weighted by atomic mass is 10.3. The third kappa shape index (κ3) is 2.30. The van der Waals surface area contributed by atoms with Crippen molar-refractivity contribution in [2.45, 2.75) is 6.92 Å². The van der Waals surface area contributed by atoms with Crippen LogP contribution >= 0.6 is 11.3 Å². The van der Waals surface area contributed by atoms with E-state index in [1.54, 1.807) is 29.9 Å². The monoisotopic (exact) mass is 269 g/mol. The number of nitrogens with zero attached hydrogens (tertiary/aromatic N) is 4. The van der Waals surface area contributed by atoms with Crippen LogP contribution in [-0.4, -0.2) is 19.9 Å². The quantitative estimate of drug-likeness (QED) is 0.773. The predicted octanol–water partition coefficient (Wildman–Crippen LogP) is 2.55. The van der Waals surface area contributed by atoms with E-state index in [-0.39, 0.29) is 5.95 Å². The Morgan fingerprint density at radius 3 is 2.58 bits per heavy atom. The van der Waals surface area contributed by atoms with Crippen molar-refractivity contribution in [2.24, 2.45) is 0 Å². The summed E-state index contributed by atoms with van der Waals surface area (Å²) in [5.41, 5.74) is 8.42. The molecular weight excluding hydrogens is 258 g/mol. The largest absolute Gasteiger partial charge is 0.368 e. The molecule has 6 heteroatoms. The van der Waals surface area contributed by atoms with Crippen LogP contribution in [0.15, 0.2) is 36.8 Å². The zero-order valence-corrected chi connectivity index (χ0v) is 11.1. The second-order valence-electron chi connectivity index (χ2n) is 3.97. The minimum Gasteiger partial charge on any atom is -0.368 e. The van der Waals surface area contributed by atoms with E-state index < -0.39 is 0 Å². The van der Waals surface area contributed by atoms with Gasteiger partial charge in [0.25, 0.3) is 0 Å². The Balaban J connectivity index is 2.08. The molecule has 0 aromatic carbocycles. The Labute approximate surface area is 114 Å². The number of aromatic nitrogens is 4. The lowest BCUT2D eigenvalue weighted by Gasteiger charge is -1.97. The minimum atomic E-state index is 0.274. The molecule has 0 aliphatic rings. The normalized spacial score (nSPS) is 10.6. The molecule has 3 rings (SSSR count). The Morgan fingerprint density at radius 1 is 1.05 bits per heavy atom. The summed E-state index contributed by atoms with van der Waals surface area (Å²) in [5.74, 6) is 0.274. The van der Waals surface area contributed by atoms with Gasteiger partial charge >= 0.3 is 0 Å². The standard InChI is InChI=1S/C13H11N5S/c1-8-11(10-4-7-16-13(14)18-10)19-12(17-8)9-2-5-15-6-3-9/h2-7H,1H3,(H2,14,16,18). The zero-order valence-electron chi connectivity index (χ0n) is 10.2. The van der Waals surface area contributed by atoms with Crippen LogP contribution in [0, 0.1) is 6.92 Å². The zero-order chi connectivity index (χ0) is 13.2. The Morgan fingerprint density at radius 2 is 1.84 bits per heavy atom. The van der Waals surface area contributed by atoms with Crippen molar-refractivity contribution in [1.82, 2.24) is 19.9 Å². The van der Waals surface area contributed by atoms with E-state index in [0.717, 1.165) is 26.8 Å². The summed E-state index contributed by atoms with van der Waals surface area (Å²) in [4.78, 5) is 17.7.